The first-order valence-electron chi connectivity index (χ1n) is 12.3. The van der Waals surface area contributed by atoms with Crippen molar-refractivity contribution in [3.05, 3.63) is 93.7 Å². The van der Waals surface area contributed by atoms with Crippen molar-refractivity contribution < 1.29 is 18.8 Å². The van der Waals surface area contributed by atoms with E-state index in [4.69, 9.17) is 37.2 Å². The number of aromatic nitrogens is 1. The molecule has 38 heavy (non-hydrogen) atoms. The highest BCUT2D eigenvalue weighted by molar-refractivity contribution is 7.22. The third-order valence-electron chi connectivity index (χ3n) is 6.08. The molecule has 0 unspecified atom stereocenters. The first kappa shape index (κ1) is 26.3. The largest absolute Gasteiger partial charge is 0.489 e. The van der Waals surface area contributed by atoms with Gasteiger partial charge in [0.25, 0.3) is 0 Å². The van der Waals surface area contributed by atoms with E-state index in [2.05, 4.69) is 18.1 Å². The Labute approximate surface area is 234 Å². The van der Waals surface area contributed by atoms with Crippen LogP contribution in [0.15, 0.2) is 71.3 Å². The molecule has 0 spiro atoms. The molecule has 2 heterocycles. The number of carbonyl (C=O) groups is 1. The van der Waals surface area contributed by atoms with Gasteiger partial charge in [-0.15, -0.1) is 11.3 Å². The van der Waals surface area contributed by atoms with Crippen LogP contribution in [0.1, 0.15) is 41.9 Å². The van der Waals surface area contributed by atoms with Crippen molar-refractivity contribution in [3.8, 4) is 27.4 Å². The van der Waals surface area contributed by atoms with Crippen molar-refractivity contribution in [3.63, 3.8) is 0 Å². The summed E-state index contributed by atoms with van der Waals surface area (Å²) in [4.78, 5) is 13.2. The maximum Gasteiger partial charge on any atom is 0.338 e. The Morgan fingerprint density at radius 3 is 2.55 bits per heavy atom. The predicted molar refractivity (Wildman–Crippen MR) is 154 cm³/mol. The van der Waals surface area contributed by atoms with Crippen LogP contribution < -0.4 is 4.74 Å². The molecule has 5 nitrogen and oxygen atoms in total. The first-order valence-corrected chi connectivity index (χ1v) is 13.9. The van der Waals surface area contributed by atoms with Gasteiger partial charge in [0, 0.05) is 21.6 Å². The van der Waals surface area contributed by atoms with Gasteiger partial charge in [0.2, 0.25) is 0 Å². The molecule has 0 aliphatic heterocycles. The van der Waals surface area contributed by atoms with Gasteiger partial charge < -0.3 is 14.0 Å². The van der Waals surface area contributed by atoms with Crippen LogP contribution in [-0.2, 0) is 17.8 Å². The molecule has 5 aromatic rings. The first-order chi connectivity index (χ1) is 18.5. The number of hydrogen-bond acceptors (Lipinski definition) is 6. The monoisotopic (exact) mass is 565 g/mol. The molecule has 194 valence electrons. The third-order valence-corrected chi connectivity index (χ3v) is 7.87. The summed E-state index contributed by atoms with van der Waals surface area (Å²) in [5, 5.41) is 6.37. The van der Waals surface area contributed by atoms with Crippen molar-refractivity contribution in [1.29, 1.82) is 0 Å². The fourth-order valence-electron chi connectivity index (χ4n) is 4.26. The molecule has 0 saturated heterocycles. The molecule has 0 aliphatic rings. The lowest BCUT2D eigenvalue weighted by atomic mass is 10.0. The SMILES string of the molecule is CCCc1onc(-c2c(Cl)cccc2Cl)c1COc1ccc2sc(-c3cccc(C(=O)OCC)c3)cc2c1. The minimum absolute atomic E-state index is 0.264. The smallest absolute Gasteiger partial charge is 0.338 e. The van der Waals surface area contributed by atoms with Crippen LogP contribution in [0.4, 0.5) is 0 Å². The molecule has 3 aromatic carbocycles. The minimum Gasteiger partial charge on any atom is -0.489 e. The van der Waals surface area contributed by atoms with Crippen molar-refractivity contribution in [2.45, 2.75) is 33.3 Å². The number of halogens is 2. The predicted octanol–water partition coefficient (Wildman–Crippen LogP) is 9.24. The number of hydrogen-bond donors (Lipinski definition) is 0. The van der Waals surface area contributed by atoms with Crippen LogP contribution in [0.3, 0.4) is 0 Å². The van der Waals surface area contributed by atoms with E-state index in [1.807, 2.05) is 36.4 Å². The van der Waals surface area contributed by atoms with Gasteiger partial charge >= 0.3 is 5.97 Å². The van der Waals surface area contributed by atoms with Crippen LogP contribution in [0.25, 0.3) is 31.8 Å². The lowest BCUT2D eigenvalue weighted by Crippen LogP contribution is -2.04. The fourth-order valence-corrected chi connectivity index (χ4v) is 5.87. The van der Waals surface area contributed by atoms with Gasteiger partial charge in [-0.2, -0.15) is 0 Å². The molecule has 0 N–H and O–H groups in total. The number of benzene rings is 3. The normalized spacial score (nSPS) is 11.2. The Kier molecular flexibility index (Phi) is 8.03. The quantitative estimate of drug-likeness (QED) is 0.167. The fraction of sp³-hybridized carbons (Fsp3) is 0.200. The van der Waals surface area contributed by atoms with E-state index >= 15 is 0 Å². The molecule has 5 rings (SSSR count). The molecule has 8 heteroatoms. The molecular formula is C30H25Cl2NO4S. The Bertz CT molecular complexity index is 1590. The lowest BCUT2D eigenvalue weighted by Gasteiger charge is -2.09. The van der Waals surface area contributed by atoms with Gasteiger partial charge in [0.1, 0.15) is 23.8 Å². The summed E-state index contributed by atoms with van der Waals surface area (Å²) in [5.74, 6) is 1.17. The molecule has 0 amide bonds. The summed E-state index contributed by atoms with van der Waals surface area (Å²) in [6.07, 6.45) is 1.63. The van der Waals surface area contributed by atoms with Gasteiger partial charge in [-0.1, -0.05) is 53.5 Å². The second kappa shape index (κ2) is 11.6. The molecule has 0 aliphatic carbocycles. The average Bonchev–Trinajstić information content (AvgIpc) is 3.52. The highest BCUT2D eigenvalue weighted by Gasteiger charge is 2.22. The summed E-state index contributed by atoms with van der Waals surface area (Å²) in [6.45, 7) is 4.49. The zero-order chi connectivity index (χ0) is 26.6. The van der Waals surface area contributed by atoms with Gasteiger partial charge in [-0.25, -0.2) is 4.79 Å². The van der Waals surface area contributed by atoms with Crippen molar-refractivity contribution in [1.82, 2.24) is 5.16 Å². The molecule has 2 aromatic heterocycles. The van der Waals surface area contributed by atoms with E-state index in [1.165, 1.54) is 0 Å². The number of aryl methyl sites for hydroxylation is 1. The maximum absolute atomic E-state index is 12.2. The van der Waals surface area contributed by atoms with E-state index in [-0.39, 0.29) is 12.6 Å². The summed E-state index contributed by atoms with van der Waals surface area (Å²) < 4.78 is 18.2. The van der Waals surface area contributed by atoms with Crippen LogP contribution >= 0.6 is 34.5 Å². The second-order valence-corrected chi connectivity index (χ2v) is 10.6. The molecule has 0 bridgehead atoms. The number of rotatable bonds is 9. The molecule has 0 fully saturated rings. The van der Waals surface area contributed by atoms with Crippen LogP contribution in [-0.4, -0.2) is 17.7 Å². The third kappa shape index (κ3) is 5.44. The Morgan fingerprint density at radius 1 is 1.00 bits per heavy atom. The summed E-state index contributed by atoms with van der Waals surface area (Å²) >= 11 is 14.6. The zero-order valence-electron chi connectivity index (χ0n) is 20.9. The molecular weight excluding hydrogens is 541 g/mol. The topological polar surface area (TPSA) is 61.6 Å². The standard InChI is InChI=1S/C30H25Cl2NO4S/c1-3-7-25-22(29(33-37-25)28-23(31)10-6-11-24(28)32)17-36-21-12-13-26-20(15-21)16-27(38-26)18-8-5-9-19(14-18)30(34)35-4-2/h5-6,8-16H,3-4,7,17H2,1-2H3. The summed E-state index contributed by atoms with van der Waals surface area (Å²) in [5.41, 5.74) is 3.59. The van der Waals surface area contributed by atoms with Crippen molar-refractivity contribution in [2.75, 3.05) is 6.61 Å². The Balaban J connectivity index is 1.41. The van der Waals surface area contributed by atoms with Gasteiger partial charge in [0.05, 0.1) is 27.8 Å². The number of carbonyl (C=O) groups excluding carboxylic acids is 1. The van der Waals surface area contributed by atoms with Gasteiger partial charge in [-0.3, -0.25) is 0 Å². The number of esters is 1. The van der Waals surface area contributed by atoms with E-state index in [9.17, 15) is 4.79 Å². The molecule has 0 radical (unpaired) electrons. The van der Waals surface area contributed by atoms with Crippen molar-refractivity contribution >= 4 is 50.6 Å². The minimum atomic E-state index is -0.320. The Hall–Kier alpha value is -3.32. The van der Waals surface area contributed by atoms with Gasteiger partial charge in [-0.05, 0) is 72.8 Å². The van der Waals surface area contributed by atoms with Crippen LogP contribution in [0.2, 0.25) is 10.0 Å². The van der Waals surface area contributed by atoms with Crippen LogP contribution in [0.5, 0.6) is 5.75 Å². The zero-order valence-corrected chi connectivity index (χ0v) is 23.3. The van der Waals surface area contributed by atoms with E-state index < -0.39 is 0 Å². The summed E-state index contributed by atoms with van der Waals surface area (Å²) in [6, 6.07) is 21.0. The number of nitrogens with zero attached hydrogens (tertiary/aromatic N) is 1. The average molecular weight is 567 g/mol. The summed E-state index contributed by atoms with van der Waals surface area (Å²) in [7, 11) is 0. The maximum atomic E-state index is 12.2. The van der Waals surface area contributed by atoms with Gasteiger partial charge in [0.15, 0.2) is 0 Å². The highest BCUT2D eigenvalue weighted by Crippen LogP contribution is 2.39. The number of thiophene rings is 1. The number of fused-ring (bicyclic) bond motifs is 1. The van der Waals surface area contributed by atoms with Crippen LogP contribution in [0, 0.1) is 0 Å². The number of ether oxygens (including phenoxy) is 2. The second-order valence-electron chi connectivity index (χ2n) is 8.68. The van der Waals surface area contributed by atoms with Crippen molar-refractivity contribution in [2.24, 2.45) is 0 Å². The highest BCUT2D eigenvalue weighted by atomic mass is 35.5. The van der Waals surface area contributed by atoms with E-state index in [0.717, 1.165) is 50.4 Å². The molecule has 0 saturated carbocycles. The molecule has 0 atom stereocenters. The lowest BCUT2D eigenvalue weighted by molar-refractivity contribution is 0.0526. The Morgan fingerprint density at radius 2 is 1.79 bits per heavy atom. The van der Waals surface area contributed by atoms with E-state index in [0.29, 0.717) is 33.5 Å². The van der Waals surface area contributed by atoms with E-state index in [1.54, 1.807) is 42.5 Å².